The second kappa shape index (κ2) is 6.66. The number of carbonyl (C=O) groups is 1. The van der Waals surface area contributed by atoms with Crippen molar-refractivity contribution in [3.8, 4) is 5.88 Å². The first-order valence-electron chi connectivity index (χ1n) is 7.39. The van der Waals surface area contributed by atoms with E-state index in [1.54, 1.807) is 25.6 Å². The molecule has 3 rings (SSSR count). The van der Waals surface area contributed by atoms with Crippen LogP contribution in [0.3, 0.4) is 0 Å². The molecule has 8 nitrogen and oxygen atoms in total. The van der Waals surface area contributed by atoms with Gasteiger partial charge < -0.3 is 4.74 Å². The Hall–Kier alpha value is -2.61. The molecule has 0 spiro atoms. The van der Waals surface area contributed by atoms with Crippen molar-refractivity contribution in [1.82, 2.24) is 25.1 Å². The highest BCUT2D eigenvalue weighted by atomic mass is 16.5. The lowest BCUT2D eigenvalue weighted by atomic mass is 10.0. The van der Waals surface area contributed by atoms with Gasteiger partial charge in [0.05, 0.1) is 18.8 Å². The van der Waals surface area contributed by atoms with Crippen molar-refractivity contribution < 1.29 is 9.53 Å². The maximum Gasteiger partial charge on any atom is 0.243 e. The van der Waals surface area contributed by atoms with Gasteiger partial charge in [0.2, 0.25) is 17.7 Å². The van der Waals surface area contributed by atoms with E-state index in [1.807, 2.05) is 13.0 Å². The van der Waals surface area contributed by atoms with Crippen molar-refractivity contribution in [2.24, 2.45) is 0 Å². The zero-order chi connectivity index (χ0) is 16.2. The third-order valence-electron chi connectivity index (χ3n) is 3.88. The molecule has 23 heavy (non-hydrogen) atoms. The normalized spacial score (nSPS) is 15.6. The Balaban J connectivity index is 1.68. The highest BCUT2D eigenvalue weighted by molar-refractivity contribution is 5.93. The fraction of sp³-hybridized carbons (Fsp3) is 0.400. The van der Waals surface area contributed by atoms with Gasteiger partial charge in [-0.05, 0) is 18.6 Å². The topological polar surface area (TPSA) is 93.1 Å². The van der Waals surface area contributed by atoms with E-state index in [4.69, 9.17) is 4.74 Å². The predicted molar refractivity (Wildman–Crippen MR) is 82.8 cm³/mol. The molecule has 3 heterocycles. The van der Waals surface area contributed by atoms with Gasteiger partial charge >= 0.3 is 0 Å². The third kappa shape index (κ3) is 3.42. The summed E-state index contributed by atoms with van der Waals surface area (Å²) in [6.45, 7) is 3.25. The Labute approximate surface area is 133 Å². The van der Waals surface area contributed by atoms with Crippen molar-refractivity contribution in [1.29, 1.82) is 0 Å². The van der Waals surface area contributed by atoms with Crippen molar-refractivity contribution >= 4 is 11.9 Å². The number of fused-ring (bicyclic) bond motifs is 1. The van der Waals surface area contributed by atoms with Gasteiger partial charge in [-0.2, -0.15) is 5.10 Å². The van der Waals surface area contributed by atoms with E-state index in [0.29, 0.717) is 18.4 Å². The molecule has 0 unspecified atom stereocenters. The summed E-state index contributed by atoms with van der Waals surface area (Å²) in [4.78, 5) is 22.5. The van der Waals surface area contributed by atoms with E-state index in [2.05, 4.69) is 30.4 Å². The molecule has 1 N–H and O–H groups in total. The van der Waals surface area contributed by atoms with E-state index >= 15 is 0 Å². The van der Waals surface area contributed by atoms with E-state index in [0.717, 1.165) is 24.2 Å². The molecule has 2 aromatic heterocycles. The molecular weight excluding hydrogens is 296 g/mol. The van der Waals surface area contributed by atoms with Crippen LogP contribution < -0.4 is 10.1 Å². The van der Waals surface area contributed by atoms with E-state index in [9.17, 15) is 4.79 Å². The Morgan fingerprint density at radius 1 is 1.35 bits per heavy atom. The molecule has 0 aliphatic carbocycles. The quantitative estimate of drug-likeness (QED) is 0.886. The molecule has 1 aliphatic heterocycles. The zero-order valence-corrected chi connectivity index (χ0v) is 13.1. The molecule has 0 radical (unpaired) electrons. The number of rotatable bonds is 4. The molecule has 8 heteroatoms. The second-order valence-electron chi connectivity index (χ2n) is 5.32. The smallest absolute Gasteiger partial charge is 0.243 e. The SMILES string of the molecule is COc1cc2c(nn1)CCN([C@@H](C)C(=O)Nc1ncccn1)C2. The zero-order valence-electron chi connectivity index (χ0n) is 13.1. The predicted octanol–water partition coefficient (Wildman–Crippen LogP) is 0.660. The molecule has 0 saturated heterocycles. The fourth-order valence-electron chi connectivity index (χ4n) is 2.50. The van der Waals surface area contributed by atoms with Crippen LogP contribution in [0.5, 0.6) is 5.88 Å². The number of nitrogens with zero attached hydrogens (tertiary/aromatic N) is 5. The number of aromatic nitrogens is 4. The number of methoxy groups -OCH3 is 1. The number of amides is 1. The number of ether oxygens (including phenoxy) is 1. The summed E-state index contributed by atoms with van der Waals surface area (Å²) in [6.07, 6.45) is 3.94. The molecule has 120 valence electrons. The summed E-state index contributed by atoms with van der Waals surface area (Å²) < 4.78 is 5.11. The van der Waals surface area contributed by atoms with Gasteiger partial charge in [0.25, 0.3) is 0 Å². The van der Waals surface area contributed by atoms with Crippen molar-refractivity contribution in [2.45, 2.75) is 25.9 Å². The summed E-state index contributed by atoms with van der Waals surface area (Å²) in [6, 6.07) is 3.28. The lowest BCUT2D eigenvalue weighted by molar-refractivity contribution is -0.121. The molecule has 0 fully saturated rings. The van der Waals surface area contributed by atoms with Gasteiger partial charge in [0.1, 0.15) is 0 Å². The Morgan fingerprint density at radius 2 is 2.13 bits per heavy atom. The first-order chi connectivity index (χ1) is 11.2. The lowest BCUT2D eigenvalue weighted by Gasteiger charge is -2.31. The van der Waals surface area contributed by atoms with Crippen LogP contribution in [0.2, 0.25) is 0 Å². The van der Waals surface area contributed by atoms with Crippen molar-refractivity contribution in [2.75, 3.05) is 19.0 Å². The molecular formula is C15H18N6O2. The van der Waals surface area contributed by atoms with Crippen LogP contribution in [-0.2, 0) is 17.8 Å². The fourth-order valence-corrected chi connectivity index (χ4v) is 2.50. The first-order valence-corrected chi connectivity index (χ1v) is 7.39. The van der Waals surface area contributed by atoms with Crippen molar-refractivity contribution in [3.63, 3.8) is 0 Å². The lowest BCUT2D eigenvalue weighted by Crippen LogP contribution is -2.45. The van der Waals surface area contributed by atoms with Crippen LogP contribution in [0, 0.1) is 0 Å². The van der Waals surface area contributed by atoms with Crippen LogP contribution >= 0.6 is 0 Å². The average molecular weight is 314 g/mol. The van der Waals surface area contributed by atoms with Gasteiger partial charge in [-0.25, -0.2) is 9.97 Å². The summed E-state index contributed by atoms with van der Waals surface area (Å²) in [5.74, 6) is 0.670. The Morgan fingerprint density at radius 3 is 2.87 bits per heavy atom. The molecule has 0 saturated carbocycles. The monoisotopic (exact) mass is 314 g/mol. The largest absolute Gasteiger partial charge is 0.480 e. The molecule has 1 aliphatic rings. The number of carbonyl (C=O) groups excluding carboxylic acids is 1. The minimum absolute atomic E-state index is 0.131. The van der Waals surface area contributed by atoms with Gasteiger partial charge in [0, 0.05) is 38.0 Å². The van der Waals surface area contributed by atoms with Crippen LogP contribution in [0.1, 0.15) is 18.2 Å². The number of hydrogen-bond acceptors (Lipinski definition) is 7. The highest BCUT2D eigenvalue weighted by Crippen LogP contribution is 2.21. The van der Waals surface area contributed by atoms with E-state index in [1.165, 1.54) is 0 Å². The highest BCUT2D eigenvalue weighted by Gasteiger charge is 2.27. The van der Waals surface area contributed by atoms with Gasteiger partial charge in [-0.3, -0.25) is 15.0 Å². The summed E-state index contributed by atoms with van der Waals surface area (Å²) in [7, 11) is 1.56. The standard InChI is InChI=1S/C15H18N6O2/c1-10(14(22)18-15-16-5-3-6-17-15)21-7-4-12-11(9-21)8-13(23-2)20-19-12/h3,5-6,8,10H,4,7,9H2,1-2H3,(H,16,17,18,22)/t10-/m0/s1. The van der Waals surface area contributed by atoms with Crippen molar-refractivity contribution in [3.05, 3.63) is 35.8 Å². The third-order valence-corrected chi connectivity index (χ3v) is 3.88. The first kappa shape index (κ1) is 15.3. The van der Waals surface area contributed by atoms with Gasteiger partial charge in [0.15, 0.2) is 0 Å². The maximum absolute atomic E-state index is 12.4. The molecule has 0 aromatic carbocycles. The Kier molecular flexibility index (Phi) is 4.42. The summed E-state index contributed by atoms with van der Waals surface area (Å²) >= 11 is 0. The van der Waals surface area contributed by atoms with Crippen LogP contribution in [0.15, 0.2) is 24.5 Å². The maximum atomic E-state index is 12.4. The van der Waals surface area contributed by atoms with Gasteiger partial charge in [-0.15, -0.1) is 5.10 Å². The van der Waals surface area contributed by atoms with Crippen LogP contribution in [0.25, 0.3) is 0 Å². The van der Waals surface area contributed by atoms with Crippen LogP contribution in [-0.4, -0.2) is 50.7 Å². The molecule has 1 amide bonds. The van der Waals surface area contributed by atoms with Crippen LogP contribution in [0.4, 0.5) is 5.95 Å². The number of anilines is 1. The number of hydrogen-bond donors (Lipinski definition) is 1. The molecule has 2 aromatic rings. The minimum Gasteiger partial charge on any atom is -0.480 e. The molecule has 1 atom stereocenters. The second-order valence-corrected chi connectivity index (χ2v) is 5.32. The molecule has 0 bridgehead atoms. The van der Waals surface area contributed by atoms with E-state index in [-0.39, 0.29) is 11.9 Å². The Bertz CT molecular complexity index is 694. The summed E-state index contributed by atoms with van der Waals surface area (Å²) in [5.41, 5.74) is 2.00. The van der Waals surface area contributed by atoms with Gasteiger partial charge in [-0.1, -0.05) is 0 Å². The summed E-state index contributed by atoms with van der Waals surface area (Å²) in [5, 5.41) is 10.9. The van der Waals surface area contributed by atoms with E-state index < -0.39 is 0 Å². The number of nitrogens with one attached hydrogen (secondary N) is 1. The minimum atomic E-state index is -0.300. The average Bonchev–Trinajstić information content (AvgIpc) is 2.60.